The van der Waals surface area contributed by atoms with E-state index >= 15 is 0 Å². The molecule has 1 aromatic heterocycles. The van der Waals surface area contributed by atoms with Gasteiger partial charge in [-0.1, -0.05) is 30.9 Å². The van der Waals surface area contributed by atoms with E-state index < -0.39 is 0 Å². The summed E-state index contributed by atoms with van der Waals surface area (Å²) >= 11 is 6.15. The zero-order valence-electron chi connectivity index (χ0n) is 10.6. The van der Waals surface area contributed by atoms with Crippen molar-refractivity contribution in [3.05, 3.63) is 29.1 Å². The number of nitrogens with zero attached hydrogens (tertiary/aromatic N) is 2. The van der Waals surface area contributed by atoms with Crippen LogP contribution in [0, 0.1) is 0 Å². The predicted octanol–water partition coefficient (Wildman–Crippen LogP) is 4.02. The Kier molecular flexibility index (Phi) is 3.42. The highest BCUT2D eigenvalue weighted by atomic mass is 35.5. The van der Waals surface area contributed by atoms with Crippen LogP contribution in [0.3, 0.4) is 0 Å². The number of halogens is 1. The van der Waals surface area contributed by atoms with Crippen molar-refractivity contribution in [1.29, 1.82) is 0 Å². The first-order valence-electron chi connectivity index (χ1n) is 6.63. The molecule has 1 fully saturated rings. The topological polar surface area (TPSA) is 64.9 Å². The van der Waals surface area contributed by atoms with Crippen LogP contribution < -0.4 is 5.73 Å². The molecule has 0 saturated heterocycles. The van der Waals surface area contributed by atoms with Gasteiger partial charge in [0.15, 0.2) is 0 Å². The minimum atomic E-state index is 0.405. The molecule has 1 saturated carbocycles. The smallest absolute Gasteiger partial charge is 0.249 e. The average molecular weight is 278 g/mol. The molecule has 5 heteroatoms. The third-order valence-electron chi connectivity index (χ3n) is 3.62. The molecule has 100 valence electrons. The second-order valence-corrected chi connectivity index (χ2v) is 5.43. The van der Waals surface area contributed by atoms with E-state index in [-0.39, 0.29) is 0 Å². The van der Waals surface area contributed by atoms with Gasteiger partial charge in [-0.25, -0.2) is 0 Å². The number of nitrogen functional groups attached to an aromatic ring is 1. The molecule has 0 amide bonds. The molecular formula is C14H16ClN3O. The standard InChI is InChI=1S/C14H16ClN3O/c15-12-8-10(16)6-7-11(12)14-18-17-13(19-14)9-4-2-1-3-5-9/h6-9H,1-5,16H2. The third-order valence-corrected chi connectivity index (χ3v) is 3.93. The van der Waals surface area contributed by atoms with E-state index in [1.54, 1.807) is 12.1 Å². The van der Waals surface area contributed by atoms with Gasteiger partial charge in [-0.05, 0) is 31.0 Å². The summed E-state index contributed by atoms with van der Waals surface area (Å²) in [6.07, 6.45) is 6.06. The lowest BCUT2D eigenvalue weighted by atomic mass is 9.89. The van der Waals surface area contributed by atoms with Gasteiger partial charge in [0.25, 0.3) is 0 Å². The normalized spacial score (nSPS) is 16.7. The Balaban J connectivity index is 1.87. The molecule has 0 spiro atoms. The van der Waals surface area contributed by atoms with Gasteiger partial charge in [0, 0.05) is 11.6 Å². The van der Waals surface area contributed by atoms with Gasteiger partial charge in [-0.3, -0.25) is 0 Å². The molecule has 0 radical (unpaired) electrons. The van der Waals surface area contributed by atoms with Crippen LogP contribution in [0.25, 0.3) is 11.5 Å². The van der Waals surface area contributed by atoms with Gasteiger partial charge in [-0.2, -0.15) is 0 Å². The van der Waals surface area contributed by atoms with Crippen LogP contribution in [-0.4, -0.2) is 10.2 Å². The summed E-state index contributed by atoms with van der Waals surface area (Å²) in [7, 11) is 0. The van der Waals surface area contributed by atoms with Crippen molar-refractivity contribution < 1.29 is 4.42 Å². The maximum Gasteiger partial charge on any atom is 0.249 e. The lowest BCUT2D eigenvalue weighted by Gasteiger charge is -2.17. The highest BCUT2D eigenvalue weighted by Gasteiger charge is 2.22. The zero-order chi connectivity index (χ0) is 13.2. The molecule has 0 atom stereocenters. The van der Waals surface area contributed by atoms with Gasteiger partial charge >= 0.3 is 0 Å². The van der Waals surface area contributed by atoms with Crippen LogP contribution in [0.4, 0.5) is 5.69 Å². The van der Waals surface area contributed by atoms with Crippen LogP contribution in [0.1, 0.15) is 43.9 Å². The van der Waals surface area contributed by atoms with Crippen LogP contribution in [0.2, 0.25) is 5.02 Å². The predicted molar refractivity (Wildman–Crippen MR) is 75.0 cm³/mol. The van der Waals surface area contributed by atoms with Gasteiger partial charge in [0.05, 0.1) is 10.6 Å². The number of anilines is 1. The molecule has 1 heterocycles. The number of aromatic nitrogens is 2. The monoisotopic (exact) mass is 277 g/mol. The molecular weight excluding hydrogens is 262 g/mol. The van der Waals surface area contributed by atoms with E-state index in [0.29, 0.717) is 22.5 Å². The van der Waals surface area contributed by atoms with Crippen LogP contribution >= 0.6 is 11.6 Å². The van der Waals surface area contributed by atoms with E-state index in [9.17, 15) is 0 Å². The lowest BCUT2D eigenvalue weighted by Crippen LogP contribution is -2.04. The molecule has 1 aliphatic rings. The van der Waals surface area contributed by atoms with Crippen molar-refractivity contribution in [3.8, 4) is 11.5 Å². The van der Waals surface area contributed by atoms with E-state index in [1.807, 2.05) is 6.07 Å². The second-order valence-electron chi connectivity index (χ2n) is 5.02. The summed E-state index contributed by atoms with van der Waals surface area (Å²) in [5, 5.41) is 8.82. The maximum absolute atomic E-state index is 6.15. The Hall–Kier alpha value is -1.55. The Bertz CT molecular complexity index is 576. The van der Waals surface area contributed by atoms with Gasteiger partial charge in [-0.15, -0.1) is 10.2 Å². The van der Waals surface area contributed by atoms with E-state index in [1.165, 1.54) is 19.3 Å². The van der Waals surface area contributed by atoms with Gasteiger partial charge in [0.1, 0.15) is 0 Å². The molecule has 0 unspecified atom stereocenters. The van der Waals surface area contributed by atoms with Gasteiger partial charge < -0.3 is 10.2 Å². The Morgan fingerprint density at radius 3 is 2.68 bits per heavy atom. The minimum Gasteiger partial charge on any atom is -0.420 e. The highest BCUT2D eigenvalue weighted by molar-refractivity contribution is 6.33. The summed E-state index contributed by atoms with van der Waals surface area (Å²) in [6, 6.07) is 5.29. The van der Waals surface area contributed by atoms with Crippen LogP contribution in [0.15, 0.2) is 22.6 Å². The number of hydrogen-bond acceptors (Lipinski definition) is 4. The molecule has 0 aliphatic heterocycles. The highest BCUT2D eigenvalue weighted by Crippen LogP contribution is 2.34. The van der Waals surface area contributed by atoms with E-state index in [4.69, 9.17) is 21.8 Å². The molecule has 1 aromatic carbocycles. The van der Waals surface area contributed by atoms with Crippen molar-refractivity contribution in [1.82, 2.24) is 10.2 Å². The first-order chi connectivity index (χ1) is 9.24. The maximum atomic E-state index is 6.15. The summed E-state index contributed by atoms with van der Waals surface area (Å²) < 4.78 is 5.78. The molecule has 1 aliphatic carbocycles. The first kappa shape index (κ1) is 12.5. The average Bonchev–Trinajstić information content (AvgIpc) is 2.89. The number of hydrogen-bond donors (Lipinski definition) is 1. The van der Waals surface area contributed by atoms with Crippen LogP contribution in [0.5, 0.6) is 0 Å². The fourth-order valence-corrected chi connectivity index (χ4v) is 2.83. The molecule has 19 heavy (non-hydrogen) atoms. The SMILES string of the molecule is Nc1ccc(-c2nnc(C3CCCCC3)o2)c(Cl)c1. The van der Waals surface area contributed by atoms with Crippen molar-refractivity contribution in [2.45, 2.75) is 38.0 Å². The fourth-order valence-electron chi connectivity index (χ4n) is 2.56. The second kappa shape index (κ2) is 5.21. The molecule has 2 aromatic rings. The Labute approximate surface area is 117 Å². The van der Waals surface area contributed by atoms with E-state index in [0.717, 1.165) is 24.3 Å². The minimum absolute atomic E-state index is 0.405. The lowest BCUT2D eigenvalue weighted by molar-refractivity contribution is 0.367. The molecule has 0 bridgehead atoms. The zero-order valence-corrected chi connectivity index (χ0v) is 11.4. The van der Waals surface area contributed by atoms with Crippen molar-refractivity contribution in [2.75, 3.05) is 5.73 Å². The molecule has 3 rings (SSSR count). The summed E-state index contributed by atoms with van der Waals surface area (Å²) in [4.78, 5) is 0. The number of nitrogens with two attached hydrogens (primary N) is 1. The van der Waals surface area contributed by atoms with Crippen molar-refractivity contribution in [2.24, 2.45) is 0 Å². The largest absolute Gasteiger partial charge is 0.420 e. The van der Waals surface area contributed by atoms with E-state index in [2.05, 4.69) is 10.2 Å². The number of benzene rings is 1. The molecule has 2 N–H and O–H groups in total. The fraction of sp³-hybridized carbons (Fsp3) is 0.429. The summed E-state index contributed by atoms with van der Waals surface area (Å²) in [5.74, 6) is 1.62. The van der Waals surface area contributed by atoms with Crippen molar-refractivity contribution in [3.63, 3.8) is 0 Å². The Morgan fingerprint density at radius 2 is 1.95 bits per heavy atom. The van der Waals surface area contributed by atoms with Crippen molar-refractivity contribution >= 4 is 17.3 Å². The first-order valence-corrected chi connectivity index (χ1v) is 7.00. The third kappa shape index (κ3) is 2.59. The quantitative estimate of drug-likeness (QED) is 0.842. The van der Waals surface area contributed by atoms with Crippen LogP contribution in [-0.2, 0) is 0 Å². The summed E-state index contributed by atoms with van der Waals surface area (Å²) in [5.41, 5.74) is 7.04. The number of rotatable bonds is 2. The van der Waals surface area contributed by atoms with Gasteiger partial charge in [0.2, 0.25) is 11.8 Å². The summed E-state index contributed by atoms with van der Waals surface area (Å²) in [6.45, 7) is 0. The Morgan fingerprint density at radius 1 is 1.16 bits per heavy atom. The molecule has 4 nitrogen and oxygen atoms in total.